The molecule has 3 fully saturated rings. The van der Waals surface area contributed by atoms with E-state index in [1.165, 1.54) is 0 Å². The average Bonchev–Trinajstić information content (AvgIpc) is 2.68. The summed E-state index contributed by atoms with van der Waals surface area (Å²) in [5, 5.41) is 0. The number of benzene rings is 2. The van der Waals surface area contributed by atoms with Crippen molar-refractivity contribution in [2.75, 3.05) is 24.5 Å². The van der Waals surface area contributed by atoms with Crippen molar-refractivity contribution in [1.82, 2.24) is 4.90 Å². The lowest BCUT2D eigenvalue weighted by Crippen LogP contribution is -2.53. The van der Waals surface area contributed by atoms with Crippen LogP contribution in [0.5, 0.6) is 0 Å². The molecule has 26 heavy (non-hydrogen) atoms. The molecular formula is C22H26N2O2. The molecule has 0 radical (unpaired) electrons. The van der Waals surface area contributed by atoms with Crippen LogP contribution in [0.4, 0.5) is 10.5 Å². The second-order valence-electron chi connectivity index (χ2n) is 7.47. The van der Waals surface area contributed by atoms with E-state index in [4.69, 9.17) is 4.74 Å². The molecule has 2 aromatic rings. The highest BCUT2D eigenvalue weighted by molar-refractivity contribution is 5.87. The Kier molecular flexibility index (Phi) is 4.93. The molecule has 4 heteroatoms. The average molecular weight is 350 g/mol. The lowest BCUT2D eigenvalue weighted by molar-refractivity contribution is -0.0311. The number of rotatable bonds is 4. The summed E-state index contributed by atoms with van der Waals surface area (Å²) in [7, 11) is 0. The number of fused-ring (bicyclic) bond motifs is 3. The van der Waals surface area contributed by atoms with Gasteiger partial charge in [-0.25, -0.2) is 4.79 Å². The number of carbonyl (C=O) groups is 1. The third-order valence-electron chi connectivity index (χ3n) is 5.57. The standard InChI is InChI=1S/C22H26N2O2/c1-17-6-5-9-20(14-17)24(15-18-7-3-2-4-8-18)22(25)26-21-16-23-12-10-19(21)11-13-23/h2-9,14,19,21H,10-13,15-16H2,1H3. The Morgan fingerprint density at radius 1 is 1.12 bits per heavy atom. The highest BCUT2D eigenvalue weighted by atomic mass is 16.6. The van der Waals surface area contributed by atoms with Crippen molar-refractivity contribution in [3.63, 3.8) is 0 Å². The molecule has 0 aromatic heterocycles. The molecule has 2 bridgehead atoms. The van der Waals surface area contributed by atoms with E-state index < -0.39 is 0 Å². The van der Waals surface area contributed by atoms with Gasteiger partial charge in [-0.15, -0.1) is 0 Å². The van der Waals surface area contributed by atoms with Gasteiger partial charge in [0.25, 0.3) is 0 Å². The van der Waals surface area contributed by atoms with Crippen LogP contribution >= 0.6 is 0 Å². The van der Waals surface area contributed by atoms with Crippen molar-refractivity contribution >= 4 is 11.8 Å². The van der Waals surface area contributed by atoms with Gasteiger partial charge in [0.2, 0.25) is 0 Å². The molecule has 3 heterocycles. The maximum absolute atomic E-state index is 13.1. The normalized spacial score (nSPS) is 24.3. The van der Waals surface area contributed by atoms with Crippen molar-refractivity contribution in [2.24, 2.45) is 5.92 Å². The first-order valence-electron chi connectivity index (χ1n) is 9.50. The van der Waals surface area contributed by atoms with Crippen LogP contribution in [0.2, 0.25) is 0 Å². The van der Waals surface area contributed by atoms with Crippen LogP contribution < -0.4 is 4.90 Å². The summed E-state index contributed by atoms with van der Waals surface area (Å²) in [5.74, 6) is 0.514. The Bertz CT molecular complexity index is 754. The van der Waals surface area contributed by atoms with Crippen molar-refractivity contribution < 1.29 is 9.53 Å². The van der Waals surface area contributed by atoms with E-state index in [1.54, 1.807) is 4.90 Å². The van der Waals surface area contributed by atoms with Crippen LogP contribution in [-0.4, -0.2) is 36.7 Å². The van der Waals surface area contributed by atoms with E-state index in [1.807, 2.05) is 61.5 Å². The Morgan fingerprint density at radius 3 is 2.54 bits per heavy atom. The molecule has 1 amide bonds. The number of piperidine rings is 3. The van der Waals surface area contributed by atoms with E-state index >= 15 is 0 Å². The van der Waals surface area contributed by atoms with Gasteiger partial charge in [-0.1, -0.05) is 42.5 Å². The fourth-order valence-corrected chi connectivity index (χ4v) is 4.06. The molecule has 0 N–H and O–H groups in total. The largest absolute Gasteiger partial charge is 0.444 e. The third-order valence-corrected chi connectivity index (χ3v) is 5.57. The Labute approximate surface area is 155 Å². The number of ether oxygens (including phenoxy) is 1. The minimum atomic E-state index is -0.238. The highest BCUT2D eigenvalue weighted by Crippen LogP contribution is 2.30. The predicted octanol–water partition coefficient (Wildman–Crippen LogP) is 4.23. The zero-order valence-corrected chi connectivity index (χ0v) is 15.3. The van der Waals surface area contributed by atoms with Gasteiger partial charge in [0.1, 0.15) is 6.10 Å². The fourth-order valence-electron chi connectivity index (χ4n) is 4.06. The maximum atomic E-state index is 13.1. The molecule has 3 aliphatic heterocycles. The summed E-state index contributed by atoms with van der Waals surface area (Å²) in [6, 6.07) is 18.1. The SMILES string of the molecule is Cc1cccc(N(Cc2ccccc2)C(=O)OC2CN3CCC2CC3)c1. The van der Waals surface area contributed by atoms with Crippen LogP contribution in [-0.2, 0) is 11.3 Å². The lowest BCUT2D eigenvalue weighted by Gasteiger charge is -2.44. The number of nitrogens with zero attached hydrogens (tertiary/aromatic N) is 2. The summed E-state index contributed by atoms with van der Waals surface area (Å²) in [5.41, 5.74) is 3.12. The number of hydrogen-bond acceptors (Lipinski definition) is 3. The molecule has 3 aliphatic rings. The highest BCUT2D eigenvalue weighted by Gasteiger charge is 2.37. The van der Waals surface area contributed by atoms with E-state index in [0.717, 1.165) is 49.3 Å². The van der Waals surface area contributed by atoms with E-state index in [9.17, 15) is 4.79 Å². The van der Waals surface area contributed by atoms with Gasteiger partial charge in [0.05, 0.1) is 6.54 Å². The van der Waals surface area contributed by atoms with Crippen LogP contribution in [0, 0.1) is 12.8 Å². The molecule has 0 spiro atoms. The van der Waals surface area contributed by atoms with Crippen molar-refractivity contribution in [1.29, 1.82) is 0 Å². The molecule has 1 atom stereocenters. The molecule has 136 valence electrons. The molecule has 0 saturated carbocycles. The van der Waals surface area contributed by atoms with Gasteiger partial charge in [0.15, 0.2) is 0 Å². The Hall–Kier alpha value is -2.33. The number of amides is 1. The minimum absolute atomic E-state index is 0.0214. The predicted molar refractivity (Wildman–Crippen MR) is 103 cm³/mol. The van der Waals surface area contributed by atoms with E-state index in [2.05, 4.69) is 4.90 Å². The van der Waals surface area contributed by atoms with Crippen molar-refractivity contribution in [3.8, 4) is 0 Å². The number of aryl methyl sites for hydroxylation is 1. The first kappa shape index (κ1) is 17.1. The molecular weight excluding hydrogens is 324 g/mol. The first-order chi connectivity index (χ1) is 12.7. The van der Waals surface area contributed by atoms with Crippen LogP contribution in [0.15, 0.2) is 54.6 Å². The van der Waals surface area contributed by atoms with Gasteiger partial charge >= 0.3 is 6.09 Å². The number of carbonyl (C=O) groups excluding carboxylic acids is 1. The summed E-state index contributed by atoms with van der Waals surface area (Å²) in [4.78, 5) is 17.3. The number of hydrogen-bond donors (Lipinski definition) is 0. The molecule has 0 aliphatic carbocycles. The van der Waals surface area contributed by atoms with Crippen LogP contribution in [0.3, 0.4) is 0 Å². The van der Waals surface area contributed by atoms with Crippen molar-refractivity contribution in [3.05, 3.63) is 65.7 Å². The van der Waals surface area contributed by atoms with Gasteiger partial charge in [-0.2, -0.15) is 0 Å². The Morgan fingerprint density at radius 2 is 1.88 bits per heavy atom. The summed E-state index contributed by atoms with van der Waals surface area (Å²) < 4.78 is 6.00. The van der Waals surface area contributed by atoms with Gasteiger partial charge < -0.3 is 4.74 Å². The van der Waals surface area contributed by atoms with E-state index in [0.29, 0.717) is 12.5 Å². The van der Waals surface area contributed by atoms with E-state index in [-0.39, 0.29) is 12.2 Å². The quantitative estimate of drug-likeness (QED) is 0.827. The fraction of sp³-hybridized carbons (Fsp3) is 0.409. The summed E-state index contributed by atoms with van der Waals surface area (Å²) in [6.45, 7) is 5.73. The second-order valence-corrected chi connectivity index (χ2v) is 7.47. The second kappa shape index (κ2) is 7.50. The molecule has 3 saturated heterocycles. The zero-order chi connectivity index (χ0) is 17.9. The third kappa shape index (κ3) is 3.75. The van der Waals surface area contributed by atoms with Crippen LogP contribution in [0.1, 0.15) is 24.0 Å². The minimum Gasteiger partial charge on any atom is -0.444 e. The maximum Gasteiger partial charge on any atom is 0.414 e. The molecule has 4 nitrogen and oxygen atoms in total. The summed E-state index contributed by atoms with van der Waals surface area (Å²) in [6.07, 6.45) is 2.06. The monoisotopic (exact) mass is 350 g/mol. The Balaban J connectivity index is 1.54. The molecule has 5 rings (SSSR count). The molecule has 1 unspecified atom stereocenters. The molecule has 2 aromatic carbocycles. The topological polar surface area (TPSA) is 32.8 Å². The first-order valence-corrected chi connectivity index (χ1v) is 9.50. The van der Waals surface area contributed by atoms with Gasteiger partial charge in [0, 0.05) is 12.2 Å². The zero-order valence-electron chi connectivity index (χ0n) is 15.3. The number of anilines is 1. The van der Waals surface area contributed by atoms with Crippen LogP contribution in [0.25, 0.3) is 0 Å². The summed E-state index contributed by atoms with van der Waals surface area (Å²) >= 11 is 0. The lowest BCUT2D eigenvalue weighted by atomic mass is 9.86. The van der Waals surface area contributed by atoms with Crippen molar-refractivity contribution in [2.45, 2.75) is 32.4 Å². The smallest absolute Gasteiger partial charge is 0.414 e. The van der Waals surface area contributed by atoms with Gasteiger partial charge in [-0.3, -0.25) is 9.80 Å². The van der Waals surface area contributed by atoms with Gasteiger partial charge in [-0.05, 0) is 62.0 Å².